The lowest BCUT2D eigenvalue weighted by molar-refractivity contribution is 0.307. The number of rotatable bonds is 6. The molecule has 0 saturated heterocycles. The number of unbranched alkanes of at least 4 members (excludes halogenated alkanes) is 1. The second-order valence-corrected chi connectivity index (χ2v) is 4.46. The predicted molar refractivity (Wildman–Crippen MR) is 61.8 cm³/mol. The van der Waals surface area contributed by atoms with Gasteiger partial charge in [-0.1, -0.05) is 20.3 Å². The van der Waals surface area contributed by atoms with Crippen molar-refractivity contribution in [3.8, 4) is 0 Å². The maximum Gasteiger partial charge on any atom is 0.0991 e. The fraction of sp³-hybridized carbons (Fsp3) is 0.917. The van der Waals surface area contributed by atoms with Gasteiger partial charge in [0, 0.05) is 18.5 Å². The zero-order valence-corrected chi connectivity index (χ0v) is 9.84. The SMILES string of the molecule is CCCCN(C(=N)C1CC1)C(C)CC. The van der Waals surface area contributed by atoms with Crippen molar-refractivity contribution in [1.29, 1.82) is 5.41 Å². The van der Waals surface area contributed by atoms with Crippen LogP contribution in [-0.4, -0.2) is 23.3 Å². The van der Waals surface area contributed by atoms with Gasteiger partial charge in [0.15, 0.2) is 0 Å². The van der Waals surface area contributed by atoms with Gasteiger partial charge >= 0.3 is 0 Å². The third kappa shape index (κ3) is 3.00. The van der Waals surface area contributed by atoms with Crippen molar-refractivity contribution in [2.45, 2.75) is 58.9 Å². The summed E-state index contributed by atoms with van der Waals surface area (Å²) in [5.74, 6) is 1.51. The summed E-state index contributed by atoms with van der Waals surface area (Å²) in [5, 5.41) is 8.10. The minimum Gasteiger partial charge on any atom is -0.358 e. The Morgan fingerprint density at radius 2 is 2.07 bits per heavy atom. The van der Waals surface area contributed by atoms with Gasteiger partial charge in [0.1, 0.15) is 0 Å². The fourth-order valence-corrected chi connectivity index (χ4v) is 1.72. The third-order valence-corrected chi connectivity index (χ3v) is 3.15. The van der Waals surface area contributed by atoms with Crippen LogP contribution in [0.1, 0.15) is 52.9 Å². The Balaban J connectivity index is 2.45. The lowest BCUT2D eigenvalue weighted by atomic mass is 10.1. The highest BCUT2D eigenvalue weighted by molar-refractivity contribution is 5.84. The maximum atomic E-state index is 8.10. The minimum atomic E-state index is 0.551. The molecule has 1 aliphatic rings. The van der Waals surface area contributed by atoms with Crippen LogP contribution >= 0.6 is 0 Å². The van der Waals surface area contributed by atoms with Crippen LogP contribution in [0.2, 0.25) is 0 Å². The standard InChI is InChI=1S/C12H24N2/c1-4-6-9-14(10(3)5-2)12(13)11-7-8-11/h10-11,13H,4-9H2,1-3H3. The molecule has 14 heavy (non-hydrogen) atoms. The van der Waals surface area contributed by atoms with Crippen molar-refractivity contribution in [2.24, 2.45) is 5.92 Å². The van der Waals surface area contributed by atoms with Crippen LogP contribution in [0.15, 0.2) is 0 Å². The van der Waals surface area contributed by atoms with E-state index in [1.807, 2.05) is 0 Å². The Labute approximate surface area is 88.2 Å². The molecule has 1 saturated carbocycles. The molecule has 0 amide bonds. The first kappa shape index (κ1) is 11.5. The second kappa shape index (κ2) is 5.38. The van der Waals surface area contributed by atoms with Crippen LogP contribution in [0, 0.1) is 11.3 Å². The maximum absolute atomic E-state index is 8.10. The Hall–Kier alpha value is -0.530. The van der Waals surface area contributed by atoms with E-state index in [0.717, 1.165) is 18.8 Å². The lowest BCUT2D eigenvalue weighted by Gasteiger charge is -2.31. The monoisotopic (exact) mass is 196 g/mol. The van der Waals surface area contributed by atoms with Crippen LogP contribution in [0.3, 0.4) is 0 Å². The van der Waals surface area contributed by atoms with Crippen LogP contribution in [0.5, 0.6) is 0 Å². The van der Waals surface area contributed by atoms with E-state index < -0.39 is 0 Å². The first-order valence-corrected chi connectivity index (χ1v) is 6.05. The Bertz CT molecular complexity index is 185. The van der Waals surface area contributed by atoms with Gasteiger partial charge in [0.05, 0.1) is 5.84 Å². The molecule has 1 fully saturated rings. The van der Waals surface area contributed by atoms with Crippen molar-refractivity contribution in [3.05, 3.63) is 0 Å². The predicted octanol–water partition coefficient (Wildman–Crippen LogP) is 3.27. The summed E-state index contributed by atoms with van der Waals surface area (Å²) >= 11 is 0. The van der Waals surface area contributed by atoms with Crippen LogP contribution in [-0.2, 0) is 0 Å². The average molecular weight is 196 g/mol. The first-order valence-electron chi connectivity index (χ1n) is 6.05. The number of amidine groups is 1. The first-order chi connectivity index (χ1) is 6.70. The molecule has 2 heteroatoms. The average Bonchev–Trinajstić information content (AvgIpc) is 3.00. The summed E-state index contributed by atoms with van der Waals surface area (Å²) in [7, 11) is 0. The molecule has 0 aromatic rings. The molecule has 0 bridgehead atoms. The summed E-state index contributed by atoms with van der Waals surface area (Å²) in [6, 6.07) is 0.551. The highest BCUT2D eigenvalue weighted by Gasteiger charge is 2.31. The topological polar surface area (TPSA) is 27.1 Å². The normalized spacial score (nSPS) is 17.9. The van der Waals surface area contributed by atoms with Gasteiger partial charge in [-0.25, -0.2) is 0 Å². The third-order valence-electron chi connectivity index (χ3n) is 3.15. The molecule has 0 radical (unpaired) electrons. The molecule has 1 atom stereocenters. The van der Waals surface area contributed by atoms with E-state index >= 15 is 0 Å². The van der Waals surface area contributed by atoms with E-state index in [-0.39, 0.29) is 0 Å². The van der Waals surface area contributed by atoms with E-state index in [0.29, 0.717) is 12.0 Å². The summed E-state index contributed by atoms with van der Waals surface area (Å²) in [5.41, 5.74) is 0. The van der Waals surface area contributed by atoms with E-state index in [9.17, 15) is 0 Å². The highest BCUT2D eigenvalue weighted by atomic mass is 15.2. The lowest BCUT2D eigenvalue weighted by Crippen LogP contribution is -2.39. The second-order valence-electron chi connectivity index (χ2n) is 4.46. The Morgan fingerprint density at radius 1 is 1.43 bits per heavy atom. The molecule has 82 valence electrons. The van der Waals surface area contributed by atoms with Gasteiger partial charge in [-0.15, -0.1) is 0 Å². The number of hydrogen-bond acceptors (Lipinski definition) is 1. The van der Waals surface area contributed by atoms with Gasteiger partial charge in [-0.05, 0) is 32.6 Å². The number of nitrogens with one attached hydrogen (secondary N) is 1. The minimum absolute atomic E-state index is 0.551. The van der Waals surface area contributed by atoms with Crippen molar-refractivity contribution >= 4 is 5.84 Å². The molecule has 1 aliphatic carbocycles. The zero-order valence-electron chi connectivity index (χ0n) is 9.84. The van der Waals surface area contributed by atoms with Crippen LogP contribution < -0.4 is 0 Å². The largest absolute Gasteiger partial charge is 0.358 e. The van der Waals surface area contributed by atoms with E-state index in [2.05, 4.69) is 25.7 Å². The smallest absolute Gasteiger partial charge is 0.0991 e. The molecule has 0 heterocycles. The quantitative estimate of drug-likeness (QED) is 0.512. The van der Waals surface area contributed by atoms with Crippen molar-refractivity contribution in [2.75, 3.05) is 6.54 Å². The highest BCUT2D eigenvalue weighted by Crippen LogP contribution is 2.32. The molecule has 1 unspecified atom stereocenters. The molecule has 0 aliphatic heterocycles. The summed E-state index contributed by atoms with van der Waals surface area (Å²) in [6.45, 7) is 7.76. The van der Waals surface area contributed by atoms with Gasteiger partial charge in [0.25, 0.3) is 0 Å². The van der Waals surface area contributed by atoms with Gasteiger partial charge in [-0.3, -0.25) is 5.41 Å². The van der Waals surface area contributed by atoms with E-state index in [4.69, 9.17) is 5.41 Å². The van der Waals surface area contributed by atoms with Crippen molar-refractivity contribution < 1.29 is 0 Å². The molecule has 1 rings (SSSR count). The van der Waals surface area contributed by atoms with Gasteiger partial charge in [-0.2, -0.15) is 0 Å². The molecule has 0 aromatic carbocycles. The summed E-state index contributed by atoms with van der Waals surface area (Å²) < 4.78 is 0. The van der Waals surface area contributed by atoms with Crippen LogP contribution in [0.25, 0.3) is 0 Å². The van der Waals surface area contributed by atoms with Gasteiger partial charge in [0.2, 0.25) is 0 Å². The zero-order chi connectivity index (χ0) is 10.6. The number of hydrogen-bond donors (Lipinski definition) is 1. The number of nitrogens with zero attached hydrogens (tertiary/aromatic N) is 1. The summed E-state index contributed by atoms with van der Waals surface area (Å²) in [6.07, 6.45) is 6.10. The van der Waals surface area contributed by atoms with Gasteiger partial charge < -0.3 is 4.90 Å². The Morgan fingerprint density at radius 3 is 2.50 bits per heavy atom. The molecule has 2 nitrogen and oxygen atoms in total. The van der Waals surface area contributed by atoms with Crippen LogP contribution in [0.4, 0.5) is 0 Å². The van der Waals surface area contributed by atoms with Crippen molar-refractivity contribution in [3.63, 3.8) is 0 Å². The summed E-state index contributed by atoms with van der Waals surface area (Å²) in [4.78, 5) is 2.32. The molecular formula is C12H24N2. The Kier molecular flexibility index (Phi) is 4.43. The molecule has 1 N–H and O–H groups in total. The molecule has 0 aromatic heterocycles. The van der Waals surface area contributed by atoms with Crippen molar-refractivity contribution in [1.82, 2.24) is 4.90 Å². The molecular weight excluding hydrogens is 172 g/mol. The van der Waals surface area contributed by atoms with E-state index in [1.165, 1.54) is 25.7 Å². The molecule has 0 spiro atoms. The van der Waals surface area contributed by atoms with E-state index in [1.54, 1.807) is 0 Å². The fourth-order valence-electron chi connectivity index (χ4n) is 1.72.